The van der Waals surface area contributed by atoms with Gasteiger partial charge in [0.15, 0.2) is 11.6 Å². The molecule has 0 radical (unpaired) electrons. The number of rotatable bonds is 5. The summed E-state index contributed by atoms with van der Waals surface area (Å²) >= 11 is 0. The number of carboxylic acids is 1. The molecule has 3 aliphatic rings. The van der Waals surface area contributed by atoms with Gasteiger partial charge in [-0.1, -0.05) is 0 Å². The van der Waals surface area contributed by atoms with Crippen molar-refractivity contribution in [1.82, 2.24) is 19.4 Å². The Hall–Kier alpha value is -4.02. The predicted octanol–water partition coefficient (Wildman–Crippen LogP) is 6.07. The van der Waals surface area contributed by atoms with Gasteiger partial charge in [-0.05, 0) is 113 Å². The predicted molar refractivity (Wildman–Crippen MR) is 183 cm³/mol. The summed E-state index contributed by atoms with van der Waals surface area (Å²) in [5.41, 5.74) is 6.65. The van der Waals surface area contributed by atoms with Gasteiger partial charge in [0.05, 0.1) is 24.3 Å². The first-order valence-electron chi connectivity index (χ1n) is 16.6. The molecule has 4 aromatic rings. The number of halogens is 1. The number of benzene rings is 1. The molecular formula is C37H46FN5O4. The molecule has 6 heterocycles. The Kier molecular flexibility index (Phi) is 9.02. The molecule has 1 unspecified atom stereocenters. The van der Waals surface area contributed by atoms with E-state index in [2.05, 4.69) is 26.5 Å². The fraction of sp³-hybridized carbons (Fsp3) is 0.486. The van der Waals surface area contributed by atoms with Gasteiger partial charge in [0.2, 0.25) is 0 Å². The van der Waals surface area contributed by atoms with Crippen molar-refractivity contribution in [3.8, 4) is 28.1 Å². The highest BCUT2D eigenvalue weighted by Gasteiger charge is 2.31. The Labute approximate surface area is 276 Å². The molecule has 0 spiro atoms. The molecule has 0 bridgehead atoms. The lowest BCUT2D eigenvalue weighted by atomic mass is 9.87. The average molecular weight is 644 g/mol. The number of aliphatic carboxylic acids is 1. The molecule has 0 amide bonds. The number of aromatic nitrogens is 3. The summed E-state index contributed by atoms with van der Waals surface area (Å²) in [6.07, 6.45) is 5.71. The van der Waals surface area contributed by atoms with Crippen LogP contribution in [0.15, 0.2) is 30.5 Å². The maximum Gasteiger partial charge on any atom is 0.307 e. The van der Waals surface area contributed by atoms with Crippen molar-refractivity contribution in [1.29, 1.82) is 0 Å². The molecule has 9 nitrogen and oxygen atoms in total. The molecule has 2 N–H and O–H groups in total. The second-order valence-corrected chi connectivity index (χ2v) is 14.1. The Morgan fingerprint density at radius 2 is 1.89 bits per heavy atom. The normalized spacial score (nSPS) is 18.0. The lowest BCUT2D eigenvalue weighted by Gasteiger charge is -2.38. The van der Waals surface area contributed by atoms with E-state index >= 15 is 4.39 Å². The summed E-state index contributed by atoms with van der Waals surface area (Å²) in [6, 6.07) is 8.33. The maximum atomic E-state index is 15.5. The Balaban J connectivity index is 0.000000720. The van der Waals surface area contributed by atoms with Crippen LogP contribution in [-0.4, -0.2) is 80.0 Å². The zero-order valence-corrected chi connectivity index (χ0v) is 28.4. The van der Waals surface area contributed by atoms with E-state index < -0.39 is 17.4 Å². The lowest BCUT2D eigenvalue weighted by molar-refractivity contribution is -0.136. The third-order valence-corrected chi connectivity index (χ3v) is 9.47. The average Bonchev–Trinajstić information content (AvgIpc) is 3.62. The maximum absolute atomic E-state index is 15.5. The van der Waals surface area contributed by atoms with Crippen LogP contribution < -0.4 is 9.64 Å². The standard InChI is InChI=1S/C33H36FN5O3.C4H10O/c1-19-23-7-5-13-42-32(23)27(34)15-24(19)31-25(17-30(40)41)20(2)36-33-26(31)16-28(37(33)3)21-8-9-35-29(14-21)39-12-11-38-10-4-6-22(38)18-39;1-4(2,3)5/h8-9,14-16,22H,4-7,10-13,17-18H2,1-3H3,(H,40,41);5H,1-3H3. The number of piperazine rings is 1. The van der Waals surface area contributed by atoms with Crippen LogP contribution in [-0.2, 0) is 24.7 Å². The number of pyridine rings is 2. The molecule has 2 fully saturated rings. The molecule has 0 aliphatic carbocycles. The summed E-state index contributed by atoms with van der Waals surface area (Å²) in [7, 11) is 1.98. The van der Waals surface area contributed by atoms with E-state index in [9.17, 15) is 9.90 Å². The van der Waals surface area contributed by atoms with Gasteiger partial charge in [0.25, 0.3) is 0 Å². The number of carboxylic acid groups (broad SMARTS) is 1. The SMILES string of the molecule is CC(C)(C)O.Cc1nc2c(cc(-c3ccnc(N4CCN5CCCC5C4)c3)n2C)c(-c2cc(F)c3c(c2C)CCCO3)c1CC(=O)O. The highest BCUT2D eigenvalue weighted by Crippen LogP contribution is 2.43. The van der Waals surface area contributed by atoms with Crippen LogP contribution >= 0.6 is 0 Å². The summed E-state index contributed by atoms with van der Waals surface area (Å²) in [5, 5.41) is 19.2. The molecule has 47 heavy (non-hydrogen) atoms. The third-order valence-electron chi connectivity index (χ3n) is 9.47. The summed E-state index contributed by atoms with van der Waals surface area (Å²) in [5.74, 6) is -0.0719. The molecule has 0 saturated carbocycles. The van der Waals surface area contributed by atoms with Crippen LogP contribution in [0, 0.1) is 19.7 Å². The highest BCUT2D eigenvalue weighted by molar-refractivity contribution is 6.01. The number of nitrogens with zero attached hydrogens (tertiary/aromatic N) is 5. The van der Waals surface area contributed by atoms with Crippen molar-refractivity contribution < 1.29 is 24.1 Å². The number of fused-ring (bicyclic) bond motifs is 3. The summed E-state index contributed by atoms with van der Waals surface area (Å²) in [6.45, 7) is 13.8. The number of carbonyl (C=O) groups is 1. The van der Waals surface area contributed by atoms with Crippen LogP contribution in [0.2, 0.25) is 0 Å². The molecule has 7 rings (SSSR count). The Bertz CT molecular complexity index is 1820. The minimum absolute atomic E-state index is 0.199. The molecule has 10 heteroatoms. The quantitative estimate of drug-likeness (QED) is 0.270. The second kappa shape index (κ2) is 12.9. The van der Waals surface area contributed by atoms with E-state index in [0.717, 1.165) is 77.3 Å². The Morgan fingerprint density at radius 3 is 2.64 bits per heavy atom. The van der Waals surface area contributed by atoms with E-state index in [0.29, 0.717) is 35.2 Å². The van der Waals surface area contributed by atoms with Crippen LogP contribution in [0.4, 0.5) is 10.2 Å². The van der Waals surface area contributed by atoms with Crippen molar-refractivity contribution in [2.75, 3.05) is 37.7 Å². The van der Waals surface area contributed by atoms with Gasteiger partial charge in [0, 0.05) is 61.1 Å². The van der Waals surface area contributed by atoms with Crippen molar-refractivity contribution >= 4 is 22.8 Å². The smallest absolute Gasteiger partial charge is 0.307 e. The number of hydrogen-bond acceptors (Lipinski definition) is 7. The molecule has 1 atom stereocenters. The minimum atomic E-state index is -0.947. The van der Waals surface area contributed by atoms with Gasteiger partial charge in [-0.2, -0.15) is 0 Å². The largest absolute Gasteiger partial charge is 0.490 e. The molecule has 3 aromatic heterocycles. The van der Waals surface area contributed by atoms with Crippen molar-refractivity contribution in [2.24, 2.45) is 7.05 Å². The van der Waals surface area contributed by atoms with E-state index in [1.807, 2.05) is 33.2 Å². The van der Waals surface area contributed by atoms with E-state index in [1.54, 1.807) is 20.8 Å². The van der Waals surface area contributed by atoms with Crippen LogP contribution in [0.5, 0.6) is 5.75 Å². The Morgan fingerprint density at radius 1 is 1.13 bits per heavy atom. The van der Waals surface area contributed by atoms with Crippen molar-refractivity contribution in [3.05, 3.63) is 58.7 Å². The molecule has 2 saturated heterocycles. The van der Waals surface area contributed by atoms with Gasteiger partial charge in [-0.3, -0.25) is 9.69 Å². The number of ether oxygens (including phenoxy) is 1. The van der Waals surface area contributed by atoms with E-state index in [1.165, 1.54) is 25.5 Å². The third kappa shape index (κ3) is 6.71. The molecular weight excluding hydrogens is 597 g/mol. The molecule has 3 aliphatic heterocycles. The van der Waals surface area contributed by atoms with Crippen LogP contribution in [0.3, 0.4) is 0 Å². The summed E-state index contributed by atoms with van der Waals surface area (Å²) in [4.78, 5) is 26.6. The first-order valence-corrected chi connectivity index (χ1v) is 16.6. The van der Waals surface area contributed by atoms with Crippen LogP contribution in [0.1, 0.15) is 62.4 Å². The van der Waals surface area contributed by atoms with E-state index in [-0.39, 0.29) is 6.42 Å². The van der Waals surface area contributed by atoms with Gasteiger partial charge >= 0.3 is 5.97 Å². The molecule has 1 aromatic carbocycles. The first kappa shape index (κ1) is 32.9. The fourth-order valence-corrected chi connectivity index (χ4v) is 7.30. The number of aliphatic hydroxyl groups is 1. The van der Waals surface area contributed by atoms with Gasteiger partial charge < -0.3 is 24.4 Å². The number of anilines is 1. The number of aryl methyl sites for hydroxylation is 2. The monoisotopic (exact) mass is 643 g/mol. The van der Waals surface area contributed by atoms with Gasteiger partial charge in [-0.15, -0.1) is 0 Å². The fourth-order valence-electron chi connectivity index (χ4n) is 7.30. The van der Waals surface area contributed by atoms with Crippen molar-refractivity contribution in [2.45, 2.75) is 78.4 Å². The minimum Gasteiger partial charge on any atom is -0.490 e. The number of hydrogen-bond donors (Lipinski definition) is 2. The lowest BCUT2D eigenvalue weighted by Crippen LogP contribution is -2.50. The summed E-state index contributed by atoms with van der Waals surface area (Å²) < 4.78 is 23.2. The molecule has 250 valence electrons. The highest BCUT2D eigenvalue weighted by atomic mass is 19.1. The zero-order chi connectivity index (χ0) is 33.6. The first-order chi connectivity index (χ1) is 22.3. The zero-order valence-electron chi connectivity index (χ0n) is 28.4. The second-order valence-electron chi connectivity index (χ2n) is 14.1. The van der Waals surface area contributed by atoms with Crippen LogP contribution in [0.25, 0.3) is 33.4 Å². The van der Waals surface area contributed by atoms with Gasteiger partial charge in [0.1, 0.15) is 11.5 Å². The topological polar surface area (TPSA) is 104 Å². The van der Waals surface area contributed by atoms with Gasteiger partial charge in [-0.25, -0.2) is 14.4 Å². The van der Waals surface area contributed by atoms with Crippen molar-refractivity contribution in [3.63, 3.8) is 0 Å². The van der Waals surface area contributed by atoms with E-state index in [4.69, 9.17) is 19.8 Å².